The summed E-state index contributed by atoms with van der Waals surface area (Å²) in [7, 11) is 0. The summed E-state index contributed by atoms with van der Waals surface area (Å²) < 4.78 is 0. The monoisotopic (exact) mass is 225 g/mol. The smallest absolute Gasteiger partial charge is 0.151 e. The molecule has 16 heavy (non-hydrogen) atoms. The molecule has 1 rings (SSSR count). The fourth-order valence-electron chi connectivity index (χ4n) is 1.47. The Morgan fingerprint density at radius 2 is 2.00 bits per heavy atom. The van der Waals surface area contributed by atoms with Gasteiger partial charge in [0.2, 0.25) is 0 Å². The first-order chi connectivity index (χ1) is 7.69. The Morgan fingerprint density at radius 3 is 2.44 bits per heavy atom. The molecule has 2 N–H and O–H groups in total. The highest BCUT2D eigenvalue weighted by Crippen LogP contribution is 2.13. The van der Waals surface area contributed by atoms with E-state index in [2.05, 4.69) is 28.9 Å². The maximum atomic E-state index is 8.87. The van der Waals surface area contributed by atoms with Crippen molar-refractivity contribution in [1.29, 1.82) is 0 Å². The molecule has 0 saturated heterocycles. The summed E-state index contributed by atoms with van der Waals surface area (Å²) in [6.07, 6.45) is 0.710. The van der Waals surface area contributed by atoms with Crippen LogP contribution in [0.4, 0.5) is 5.82 Å². The van der Waals surface area contributed by atoms with E-state index >= 15 is 0 Å². The van der Waals surface area contributed by atoms with E-state index in [1.54, 1.807) is 6.07 Å². The topological polar surface area (TPSA) is 69.5 Å². The maximum Gasteiger partial charge on any atom is 0.151 e. The zero-order chi connectivity index (χ0) is 12.0. The minimum Gasteiger partial charge on any atom is -0.396 e. The molecule has 0 aliphatic carbocycles. The van der Waals surface area contributed by atoms with E-state index in [9.17, 15) is 0 Å². The molecule has 5 heteroatoms. The lowest BCUT2D eigenvalue weighted by Gasteiger charge is -2.27. The lowest BCUT2D eigenvalue weighted by molar-refractivity contribution is 0.275. The second kappa shape index (κ2) is 6.40. The van der Waals surface area contributed by atoms with Crippen molar-refractivity contribution >= 4 is 5.82 Å². The van der Waals surface area contributed by atoms with Crippen LogP contribution in [0.15, 0.2) is 12.1 Å². The maximum absolute atomic E-state index is 8.87. The molecule has 0 aliphatic heterocycles. The standard InChI is InChI=1S/C11H19N3O2/c1-9(2)14(6-3-7-15)11-5-4-10(8-16)12-13-11/h4-5,9,15-16H,3,6-8H2,1-2H3. The van der Waals surface area contributed by atoms with Gasteiger partial charge in [0.1, 0.15) is 0 Å². The van der Waals surface area contributed by atoms with E-state index < -0.39 is 0 Å². The van der Waals surface area contributed by atoms with Gasteiger partial charge in [-0.2, -0.15) is 5.10 Å². The predicted molar refractivity (Wildman–Crippen MR) is 62.1 cm³/mol. The van der Waals surface area contributed by atoms with Crippen LogP contribution in [0.5, 0.6) is 0 Å². The van der Waals surface area contributed by atoms with Crippen molar-refractivity contribution in [2.45, 2.75) is 32.9 Å². The summed E-state index contributed by atoms with van der Waals surface area (Å²) in [5.74, 6) is 0.778. The first kappa shape index (κ1) is 12.9. The van der Waals surface area contributed by atoms with Gasteiger partial charge in [0.25, 0.3) is 0 Å². The van der Waals surface area contributed by atoms with Crippen LogP contribution in [-0.4, -0.2) is 39.6 Å². The van der Waals surface area contributed by atoms with Crippen LogP contribution >= 0.6 is 0 Å². The average Bonchev–Trinajstić information content (AvgIpc) is 2.30. The van der Waals surface area contributed by atoms with Crippen LogP contribution in [0, 0.1) is 0 Å². The van der Waals surface area contributed by atoms with Crippen LogP contribution in [0.1, 0.15) is 26.0 Å². The van der Waals surface area contributed by atoms with Gasteiger partial charge in [-0.3, -0.25) is 0 Å². The number of anilines is 1. The van der Waals surface area contributed by atoms with Gasteiger partial charge in [-0.1, -0.05) is 0 Å². The third kappa shape index (κ3) is 3.43. The number of nitrogens with zero attached hydrogens (tertiary/aromatic N) is 3. The van der Waals surface area contributed by atoms with E-state index in [-0.39, 0.29) is 13.2 Å². The van der Waals surface area contributed by atoms with E-state index in [1.807, 2.05) is 6.07 Å². The van der Waals surface area contributed by atoms with E-state index in [4.69, 9.17) is 10.2 Å². The van der Waals surface area contributed by atoms with Crippen molar-refractivity contribution in [1.82, 2.24) is 10.2 Å². The molecular weight excluding hydrogens is 206 g/mol. The molecule has 0 bridgehead atoms. The summed E-state index contributed by atoms with van der Waals surface area (Å²) in [6, 6.07) is 3.91. The second-order valence-corrected chi connectivity index (χ2v) is 3.91. The highest BCUT2D eigenvalue weighted by Gasteiger charge is 2.11. The van der Waals surface area contributed by atoms with Gasteiger partial charge in [0.05, 0.1) is 12.3 Å². The first-order valence-electron chi connectivity index (χ1n) is 5.50. The second-order valence-electron chi connectivity index (χ2n) is 3.91. The van der Waals surface area contributed by atoms with E-state index in [1.165, 1.54) is 0 Å². The Balaban J connectivity index is 2.75. The van der Waals surface area contributed by atoms with Gasteiger partial charge < -0.3 is 15.1 Å². The Morgan fingerprint density at radius 1 is 1.25 bits per heavy atom. The van der Waals surface area contributed by atoms with Gasteiger partial charge in [-0.05, 0) is 32.4 Å². The Kier molecular flexibility index (Phi) is 5.14. The summed E-state index contributed by atoms with van der Waals surface area (Å²) in [6.45, 7) is 4.97. The zero-order valence-corrected chi connectivity index (χ0v) is 9.80. The van der Waals surface area contributed by atoms with Crippen molar-refractivity contribution in [2.75, 3.05) is 18.1 Å². The number of hydrogen-bond acceptors (Lipinski definition) is 5. The fraction of sp³-hybridized carbons (Fsp3) is 0.636. The Hall–Kier alpha value is -1.20. The van der Waals surface area contributed by atoms with Crippen LogP contribution in [0.3, 0.4) is 0 Å². The SMILES string of the molecule is CC(C)N(CCCO)c1ccc(CO)nn1. The van der Waals surface area contributed by atoms with Crippen molar-refractivity contribution in [3.05, 3.63) is 17.8 Å². The number of hydrogen-bond donors (Lipinski definition) is 2. The molecular formula is C11H19N3O2. The molecule has 1 heterocycles. The highest BCUT2D eigenvalue weighted by atomic mass is 16.3. The molecule has 0 saturated carbocycles. The van der Waals surface area contributed by atoms with Crippen molar-refractivity contribution in [3.63, 3.8) is 0 Å². The molecule has 90 valence electrons. The van der Waals surface area contributed by atoms with Crippen molar-refractivity contribution < 1.29 is 10.2 Å². The fourth-order valence-corrected chi connectivity index (χ4v) is 1.47. The normalized spacial score (nSPS) is 10.8. The molecule has 0 spiro atoms. The first-order valence-corrected chi connectivity index (χ1v) is 5.50. The molecule has 0 aromatic carbocycles. The average molecular weight is 225 g/mol. The Bertz CT molecular complexity index is 301. The molecule has 0 unspecified atom stereocenters. The molecule has 0 radical (unpaired) electrons. The van der Waals surface area contributed by atoms with Crippen LogP contribution < -0.4 is 4.90 Å². The third-order valence-corrected chi connectivity index (χ3v) is 2.34. The van der Waals surface area contributed by atoms with Gasteiger partial charge in [0, 0.05) is 19.2 Å². The lowest BCUT2D eigenvalue weighted by atomic mass is 10.2. The van der Waals surface area contributed by atoms with Gasteiger partial charge >= 0.3 is 0 Å². The molecule has 0 fully saturated rings. The van der Waals surface area contributed by atoms with Gasteiger partial charge in [-0.15, -0.1) is 5.10 Å². The predicted octanol–water partition coefficient (Wildman–Crippen LogP) is 0.566. The zero-order valence-electron chi connectivity index (χ0n) is 9.80. The largest absolute Gasteiger partial charge is 0.396 e. The van der Waals surface area contributed by atoms with Gasteiger partial charge in [0.15, 0.2) is 5.82 Å². The summed E-state index contributed by atoms with van der Waals surface area (Å²) in [4.78, 5) is 2.07. The van der Waals surface area contributed by atoms with E-state index in [0.29, 0.717) is 18.2 Å². The molecule has 0 aliphatic rings. The summed E-state index contributed by atoms with van der Waals surface area (Å²) >= 11 is 0. The molecule has 0 amide bonds. The lowest BCUT2D eigenvalue weighted by Crippen LogP contribution is -2.33. The van der Waals surface area contributed by atoms with Gasteiger partial charge in [-0.25, -0.2) is 0 Å². The van der Waals surface area contributed by atoms with Crippen LogP contribution in [-0.2, 0) is 6.61 Å². The number of aromatic nitrogens is 2. The molecule has 5 nitrogen and oxygen atoms in total. The minimum atomic E-state index is -0.0917. The van der Waals surface area contributed by atoms with Crippen molar-refractivity contribution in [3.8, 4) is 0 Å². The quantitative estimate of drug-likeness (QED) is 0.740. The molecule has 1 aromatic heterocycles. The number of aliphatic hydroxyl groups excluding tert-OH is 2. The van der Waals surface area contributed by atoms with Crippen LogP contribution in [0.2, 0.25) is 0 Å². The highest BCUT2D eigenvalue weighted by molar-refractivity contribution is 5.38. The third-order valence-electron chi connectivity index (χ3n) is 2.34. The van der Waals surface area contributed by atoms with E-state index in [0.717, 1.165) is 12.4 Å². The minimum absolute atomic E-state index is 0.0917. The molecule has 1 aromatic rings. The summed E-state index contributed by atoms with van der Waals surface area (Å²) in [5.41, 5.74) is 0.564. The number of aliphatic hydroxyl groups is 2. The van der Waals surface area contributed by atoms with Crippen LogP contribution in [0.25, 0.3) is 0 Å². The van der Waals surface area contributed by atoms with Crippen molar-refractivity contribution in [2.24, 2.45) is 0 Å². The Labute approximate surface area is 95.7 Å². The number of rotatable bonds is 6. The molecule has 0 atom stereocenters. The summed E-state index contributed by atoms with van der Waals surface area (Å²) in [5, 5.41) is 25.7.